The minimum absolute atomic E-state index is 0.0613. The first-order valence-corrected chi connectivity index (χ1v) is 12.5. The zero-order valence-corrected chi connectivity index (χ0v) is 21.4. The Morgan fingerprint density at radius 2 is 1.78 bits per heavy atom. The van der Waals surface area contributed by atoms with E-state index in [1.807, 2.05) is 68.6 Å². The molecule has 1 atom stereocenters. The van der Waals surface area contributed by atoms with Crippen LogP contribution in [0.4, 0.5) is 5.69 Å². The third-order valence-corrected chi connectivity index (χ3v) is 6.95. The summed E-state index contributed by atoms with van der Waals surface area (Å²) in [5, 5.41) is 12.4. The van der Waals surface area contributed by atoms with E-state index in [0.29, 0.717) is 29.5 Å². The van der Waals surface area contributed by atoms with Gasteiger partial charge < -0.3 is 14.8 Å². The lowest BCUT2D eigenvalue weighted by molar-refractivity contribution is -0.132. The first kappa shape index (κ1) is 24.4. The van der Waals surface area contributed by atoms with Gasteiger partial charge >= 0.3 is 0 Å². The molecule has 1 saturated heterocycles. The number of aliphatic hydroxyl groups is 1. The summed E-state index contributed by atoms with van der Waals surface area (Å²) < 4.78 is 5.63. The third-order valence-electron chi connectivity index (χ3n) is 6.95. The number of para-hydroxylation sites is 1. The molecule has 1 fully saturated rings. The predicted octanol–water partition coefficient (Wildman–Crippen LogP) is 6.62. The molecule has 6 heteroatoms. The van der Waals surface area contributed by atoms with Crippen molar-refractivity contribution in [1.29, 1.82) is 0 Å². The summed E-state index contributed by atoms with van der Waals surface area (Å²) in [6, 6.07) is 19.9. The summed E-state index contributed by atoms with van der Waals surface area (Å²) in [4.78, 5) is 31.8. The molecule has 0 bridgehead atoms. The number of aromatic nitrogens is 1. The van der Waals surface area contributed by atoms with Crippen molar-refractivity contribution in [2.75, 3.05) is 11.5 Å². The van der Waals surface area contributed by atoms with E-state index >= 15 is 0 Å². The first-order chi connectivity index (χ1) is 17.8. The van der Waals surface area contributed by atoms with Gasteiger partial charge in [-0.25, -0.2) is 0 Å². The number of aromatic amines is 1. The van der Waals surface area contributed by atoms with E-state index in [9.17, 15) is 14.7 Å². The fraction of sp³-hybridized carbons (Fsp3) is 0.226. The number of benzene rings is 3. The number of amides is 1. The van der Waals surface area contributed by atoms with Crippen molar-refractivity contribution in [3.8, 4) is 5.75 Å². The lowest BCUT2D eigenvalue weighted by atomic mass is 9.94. The summed E-state index contributed by atoms with van der Waals surface area (Å²) in [5.74, 6) is -0.556. The molecule has 188 valence electrons. The van der Waals surface area contributed by atoms with Gasteiger partial charge in [0, 0.05) is 33.9 Å². The lowest BCUT2D eigenvalue weighted by Crippen LogP contribution is -2.29. The molecule has 4 aromatic rings. The average Bonchev–Trinajstić information content (AvgIpc) is 3.43. The van der Waals surface area contributed by atoms with E-state index in [4.69, 9.17) is 4.74 Å². The molecule has 2 N–H and O–H groups in total. The molecule has 0 spiro atoms. The summed E-state index contributed by atoms with van der Waals surface area (Å²) in [6.07, 6.45) is 1.81. The summed E-state index contributed by atoms with van der Waals surface area (Å²) in [5.41, 5.74) is 4.71. The number of anilines is 1. The van der Waals surface area contributed by atoms with Crippen molar-refractivity contribution in [3.05, 3.63) is 101 Å². The van der Waals surface area contributed by atoms with Crippen LogP contribution in [0.5, 0.6) is 5.75 Å². The molecule has 0 aliphatic carbocycles. The van der Waals surface area contributed by atoms with Crippen LogP contribution in [0, 0.1) is 6.92 Å². The molecule has 1 aliphatic heterocycles. The van der Waals surface area contributed by atoms with Crippen LogP contribution in [-0.4, -0.2) is 28.4 Å². The molecule has 1 amide bonds. The Bertz CT molecular complexity index is 1530. The SMILES string of the molecule is CCOc1ccc(/C(O)=C2\C(=O)C(=O)N(c3ccc(C(C)C)cc3)C2c2c[nH]c3ccccc23)cc1C. The number of ether oxygens (including phenoxy) is 1. The zero-order chi connectivity index (χ0) is 26.3. The number of aryl methyl sites for hydroxylation is 1. The quantitative estimate of drug-likeness (QED) is 0.179. The highest BCUT2D eigenvalue weighted by molar-refractivity contribution is 6.51. The smallest absolute Gasteiger partial charge is 0.300 e. The number of hydrogen-bond donors (Lipinski definition) is 2. The molecule has 1 aromatic heterocycles. The van der Waals surface area contributed by atoms with Crippen LogP contribution >= 0.6 is 0 Å². The maximum Gasteiger partial charge on any atom is 0.300 e. The Kier molecular flexibility index (Phi) is 6.34. The van der Waals surface area contributed by atoms with Gasteiger partial charge in [-0.2, -0.15) is 0 Å². The number of ketones is 1. The molecule has 0 radical (unpaired) electrons. The molecule has 5 rings (SSSR count). The number of aliphatic hydroxyl groups excluding tert-OH is 1. The number of hydrogen-bond acceptors (Lipinski definition) is 4. The molecule has 2 heterocycles. The molecular weight excluding hydrogens is 464 g/mol. The number of Topliss-reactive ketones (excluding diaryl/α,β-unsaturated/α-hetero) is 1. The summed E-state index contributed by atoms with van der Waals surface area (Å²) in [6.45, 7) is 8.52. The summed E-state index contributed by atoms with van der Waals surface area (Å²) in [7, 11) is 0. The van der Waals surface area contributed by atoms with E-state index in [-0.39, 0.29) is 11.3 Å². The van der Waals surface area contributed by atoms with Crippen molar-refractivity contribution in [3.63, 3.8) is 0 Å². The van der Waals surface area contributed by atoms with Crippen LogP contribution in [0.3, 0.4) is 0 Å². The Balaban J connectivity index is 1.71. The standard InChI is InChI=1S/C31H30N2O4/c1-5-37-26-15-12-21(16-19(26)4)29(34)27-28(24-17-32-25-9-7-6-8-23(24)25)33(31(36)30(27)35)22-13-10-20(11-14-22)18(2)3/h6-18,28,32,34H,5H2,1-4H3/b29-27+. The van der Waals surface area contributed by atoms with E-state index in [0.717, 1.165) is 27.6 Å². The fourth-order valence-corrected chi connectivity index (χ4v) is 5.00. The van der Waals surface area contributed by atoms with Crippen LogP contribution in [0.15, 0.2) is 78.5 Å². The van der Waals surface area contributed by atoms with Gasteiger partial charge in [-0.05, 0) is 67.3 Å². The highest BCUT2D eigenvalue weighted by atomic mass is 16.5. The lowest BCUT2D eigenvalue weighted by Gasteiger charge is -2.25. The fourth-order valence-electron chi connectivity index (χ4n) is 5.00. The topological polar surface area (TPSA) is 82.6 Å². The monoisotopic (exact) mass is 494 g/mol. The van der Waals surface area contributed by atoms with Crippen LogP contribution in [0.25, 0.3) is 16.7 Å². The number of carbonyl (C=O) groups is 2. The van der Waals surface area contributed by atoms with Crippen LogP contribution in [-0.2, 0) is 9.59 Å². The normalized spacial score (nSPS) is 17.2. The minimum Gasteiger partial charge on any atom is -0.507 e. The third kappa shape index (κ3) is 4.18. The molecular formula is C31H30N2O4. The molecule has 0 saturated carbocycles. The predicted molar refractivity (Wildman–Crippen MR) is 146 cm³/mol. The number of carbonyl (C=O) groups excluding carboxylic acids is 2. The second-order valence-electron chi connectivity index (χ2n) is 9.62. The molecule has 3 aromatic carbocycles. The zero-order valence-electron chi connectivity index (χ0n) is 21.4. The van der Waals surface area contributed by atoms with Gasteiger partial charge in [0.05, 0.1) is 18.2 Å². The number of H-pyrrole nitrogens is 1. The van der Waals surface area contributed by atoms with E-state index in [1.54, 1.807) is 18.2 Å². The van der Waals surface area contributed by atoms with Crippen molar-refractivity contribution >= 4 is 34.0 Å². The van der Waals surface area contributed by atoms with Gasteiger partial charge in [-0.3, -0.25) is 14.5 Å². The van der Waals surface area contributed by atoms with Gasteiger partial charge in [0.2, 0.25) is 0 Å². The second kappa shape index (κ2) is 9.62. The number of nitrogens with zero attached hydrogens (tertiary/aromatic N) is 1. The maximum atomic E-state index is 13.5. The second-order valence-corrected chi connectivity index (χ2v) is 9.62. The largest absolute Gasteiger partial charge is 0.507 e. The van der Waals surface area contributed by atoms with Crippen molar-refractivity contribution in [2.45, 2.75) is 39.7 Å². The Labute approximate surface area is 216 Å². The van der Waals surface area contributed by atoms with Crippen molar-refractivity contribution in [1.82, 2.24) is 4.98 Å². The van der Waals surface area contributed by atoms with Crippen molar-refractivity contribution in [2.24, 2.45) is 0 Å². The van der Waals surface area contributed by atoms with Crippen LogP contribution < -0.4 is 9.64 Å². The number of rotatable bonds is 6. The Morgan fingerprint density at radius 3 is 2.46 bits per heavy atom. The Morgan fingerprint density at radius 1 is 1.05 bits per heavy atom. The number of fused-ring (bicyclic) bond motifs is 1. The van der Waals surface area contributed by atoms with E-state index in [1.165, 1.54) is 4.90 Å². The van der Waals surface area contributed by atoms with E-state index in [2.05, 4.69) is 18.8 Å². The Hall–Kier alpha value is -4.32. The van der Waals surface area contributed by atoms with E-state index < -0.39 is 17.7 Å². The number of nitrogens with one attached hydrogen (secondary N) is 1. The van der Waals surface area contributed by atoms with Gasteiger partial charge in [0.1, 0.15) is 11.5 Å². The van der Waals surface area contributed by atoms with Crippen molar-refractivity contribution < 1.29 is 19.4 Å². The van der Waals surface area contributed by atoms with Crippen LogP contribution in [0.1, 0.15) is 55.0 Å². The average molecular weight is 495 g/mol. The minimum atomic E-state index is -0.798. The molecule has 1 unspecified atom stereocenters. The van der Waals surface area contributed by atoms with Gasteiger partial charge in [-0.1, -0.05) is 44.2 Å². The molecule has 37 heavy (non-hydrogen) atoms. The highest BCUT2D eigenvalue weighted by Gasteiger charge is 2.47. The highest BCUT2D eigenvalue weighted by Crippen LogP contribution is 2.44. The maximum absolute atomic E-state index is 13.5. The summed E-state index contributed by atoms with van der Waals surface area (Å²) >= 11 is 0. The first-order valence-electron chi connectivity index (χ1n) is 12.5. The van der Waals surface area contributed by atoms with Gasteiger partial charge in [0.25, 0.3) is 11.7 Å². The molecule has 6 nitrogen and oxygen atoms in total. The van der Waals surface area contributed by atoms with Crippen LogP contribution in [0.2, 0.25) is 0 Å². The molecule has 1 aliphatic rings. The van der Waals surface area contributed by atoms with Gasteiger partial charge in [-0.15, -0.1) is 0 Å². The van der Waals surface area contributed by atoms with Gasteiger partial charge in [0.15, 0.2) is 0 Å².